The maximum atomic E-state index is 13.5. The lowest BCUT2D eigenvalue weighted by molar-refractivity contribution is -0.120. The average Bonchev–Trinajstić information content (AvgIpc) is 2.62. The van der Waals surface area contributed by atoms with Gasteiger partial charge in [0.15, 0.2) is 0 Å². The zero-order valence-electron chi connectivity index (χ0n) is 17.5. The van der Waals surface area contributed by atoms with E-state index in [1.165, 1.54) is 24.6 Å². The molecule has 2 aromatic rings. The molecule has 0 saturated carbocycles. The summed E-state index contributed by atoms with van der Waals surface area (Å²) in [6, 6.07) is 8.94. The molecule has 7 heteroatoms. The predicted octanol–water partition coefficient (Wildman–Crippen LogP) is 3.97. The van der Waals surface area contributed by atoms with Crippen LogP contribution in [0.2, 0.25) is 0 Å². The van der Waals surface area contributed by atoms with E-state index in [9.17, 15) is 18.7 Å². The molecule has 0 fully saturated rings. The minimum absolute atomic E-state index is 0.124. The Hall–Kier alpha value is -1.58. The Labute approximate surface area is 190 Å². The number of aliphatic hydroxyl groups is 1. The number of hydrogen-bond acceptors (Lipinski definition) is 3. The van der Waals surface area contributed by atoms with Crippen LogP contribution in [0.1, 0.15) is 37.5 Å². The third kappa shape index (κ3) is 8.28. The Morgan fingerprint density at radius 3 is 2.33 bits per heavy atom. The van der Waals surface area contributed by atoms with Crippen LogP contribution in [0.4, 0.5) is 8.78 Å². The molecule has 164 valence electrons. The third-order valence-corrected chi connectivity index (χ3v) is 5.71. The van der Waals surface area contributed by atoms with Gasteiger partial charge in [-0.15, -0.1) is 0 Å². The van der Waals surface area contributed by atoms with Crippen molar-refractivity contribution in [3.63, 3.8) is 0 Å². The molecule has 0 aromatic heterocycles. The fourth-order valence-corrected chi connectivity index (χ4v) is 3.91. The number of benzene rings is 2. The molecule has 1 amide bonds. The predicted molar refractivity (Wildman–Crippen MR) is 123 cm³/mol. The highest BCUT2D eigenvalue weighted by Crippen LogP contribution is 2.17. The van der Waals surface area contributed by atoms with E-state index in [0.717, 1.165) is 21.6 Å². The first-order valence-electron chi connectivity index (χ1n) is 10.0. The summed E-state index contributed by atoms with van der Waals surface area (Å²) in [6.07, 6.45) is 0.205. The summed E-state index contributed by atoms with van der Waals surface area (Å²) < 4.78 is 28.1. The summed E-state index contributed by atoms with van der Waals surface area (Å²) in [6.45, 7) is 6.51. The lowest BCUT2D eigenvalue weighted by atomic mass is 10.00. The number of aliphatic hydroxyl groups excluding tert-OH is 1. The van der Waals surface area contributed by atoms with Gasteiger partial charge in [0.1, 0.15) is 11.6 Å². The minimum atomic E-state index is -0.920. The molecule has 0 spiro atoms. The van der Waals surface area contributed by atoms with Crippen LogP contribution in [0, 0.1) is 21.1 Å². The van der Waals surface area contributed by atoms with Gasteiger partial charge in [-0.05, 0) is 76.2 Å². The standard InChI is InChI=1S/C23H29F2IN2O2/c1-14(2)6-16-4-5-21(26)18(7-16)12-27-13-23(30)22(28-15(3)29)10-17-8-19(24)11-20(25)9-17/h4-5,7-9,11,14,22-23,27,30H,6,10,12-13H2,1-3H3,(H,28,29)/t22-,23+/m0/s1. The van der Waals surface area contributed by atoms with Gasteiger partial charge in [0.25, 0.3) is 0 Å². The van der Waals surface area contributed by atoms with E-state index in [0.29, 0.717) is 18.0 Å². The number of nitrogens with one attached hydrogen (secondary N) is 2. The van der Waals surface area contributed by atoms with Crippen molar-refractivity contribution in [2.45, 2.75) is 52.3 Å². The first-order chi connectivity index (χ1) is 14.1. The number of rotatable bonds is 10. The number of halogens is 3. The topological polar surface area (TPSA) is 61.4 Å². The molecule has 0 heterocycles. The van der Waals surface area contributed by atoms with Crippen molar-refractivity contribution in [1.82, 2.24) is 10.6 Å². The van der Waals surface area contributed by atoms with E-state index < -0.39 is 23.8 Å². The maximum absolute atomic E-state index is 13.5. The second kappa shape index (κ2) is 11.7. The summed E-state index contributed by atoms with van der Waals surface area (Å²) in [7, 11) is 0. The Kier molecular flexibility index (Phi) is 9.64. The van der Waals surface area contributed by atoms with Crippen LogP contribution in [0.5, 0.6) is 0 Å². The van der Waals surface area contributed by atoms with Gasteiger partial charge >= 0.3 is 0 Å². The van der Waals surface area contributed by atoms with Gasteiger partial charge in [-0.3, -0.25) is 4.79 Å². The average molecular weight is 530 g/mol. The summed E-state index contributed by atoms with van der Waals surface area (Å²) in [5.74, 6) is -1.12. The molecule has 0 aliphatic carbocycles. The molecule has 0 saturated heterocycles. The zero-order chi connectivity index (χ0) is 22.3. The van der Waals surface area contributed by atoms with Crippen LogP contribution in [0.25, 0.3) is 0 Å². The molecular weight excluding hydrogens is 501 g/mol. The van der Waals surface area contributed by atoms with E-state index >= 15 is 0 Å². The van der Waals surface area contributed by atoms with Crippen molar-refractivity contribution in [2.75, 3.05) is 6.54 Å². The first kappa shape index (κ1) is 24.7. The molecule has 2 atom stereocenters. The maximum Gasteiger partial charge on any atom is 0.217 e. The van der Waals surface area contributed by atoms with Gasteiger partial charge in [-0.25, -0.2) is 8.78 Å². The van der Waals surface area contributed by atoms with Gasteiger partial charge in [-0.2, -0.15) is 0 Å². The number of amides is 1. The highest BCUT2D eigenvalue weighted by molar-refractivity contribution is 14.1. The van der Waals surface area contributed by atoms with Crippen molar-refractivity contribution in [3.05, 3.63) is 68.3 Å². The Bertz CT molecular complexity index is 841. The van der Waals surface area contributed by atoms with Crippen molar-refractivity contribution in [1.29, 1.82) is 0 Å². The van der Waals surface area contributed by atoms with Crippen molar-refractivity contribution >= 4 is 28.5 Å². The largest absolute Gasteiger partial charge is 0.390 e. The van der Waals surface area contributed by atoms with Crippen LogP contribution < -0.4 is 10.6 Å². The van der Waals surface area contributed by atoms with E-state index in [4.69, 9.17) is 0 Å². The van der Waals surface area contributed by atoms with E-state index in [1.807, 2.05) is 0 Å². The fraction of sp³-hybridized carbons (Fsp3) is 0.435. The third-order valence-electron chi connectivity index (χ3n) is 4.65. The molecule has 2 rings (SSSR count). The van der Waals surface area contributed by atoms with Gasteiger partial charge < -0.3 is 15.7 Å². The smallest absolute Gasteiger partial charge is 0.217 e. The van der Waals surface area contributed by atoms with Crippen molar-refractivity contribution in [2.24, 2.45) is 5.92 Å². The monoisotopic (exact) mass is 530 g/mol. The second-order valence-electron chi connectivity index (χ2n) is 8.01. The normalized spacial score (nSPS) is 13.3. The number of carbonyl (C=O) groups is 1. The molecule has 30 heavy (non-hydrogen) atoms. The van der Waals surface area contributed by atoms with Gasteiger partial charge in [0.05, 0.1) is 12.1 Å². The lowest BCUT2D eigenvalue weighted by Gasteiger charge is -2.24. The highest BCUT2D eigenvalue weighted by Gasteiger charge is 2.21. The summed E-state index contributed by atoms with van der Waals surface area (Å²) in [4.78, 5) is 11.6. The summed E-state index contributed by atoms with van der Waals surface area (Å²) >= 11 is 2.29. The fourth-order valence-electron chi connectivity index (χ4n) is 3.39. The molecule has 2 aromatic carbocycles. The van der Waals surface area contributed by atoms with Crippen LogP contribution in [0.3, 0.4) is 0 Å². The van der Waals surface area contributed by atoms with Gasteiger partial charge in [0, 0.05) is 29.6 Å². The summed E-state index contributed by atoms with van der Waals surface area (Å²) in [5, 5.41) is 16.5. The molecule has 0 aliphatic heterocycles. The lowest BCUT2D eigenvalue weighted by Crippen LogP contribution is -2.48. The quantitative estimate of drug-likeness (QED) is 0.408. The SMILES string of the molecule is CC(=O)N[C@@H](Cc1cc(F)cc(F)c1)[C@H](O)CNCc1cc(CC(C)C)ccc1I. The first-order valence-corrected chi connectivity index (χ1v) is 11.1. The van der Waals surface area contributed by atoms with E-state index in [-0.39, 0.29) is 18.9 Å². The van der Waals surface area contributed by atoms with Crippen LogP contribution >= 0.6 is 22.6 Å². The molecule has 0 radical (unpaired) electrons. The molecular formula is C23H29F2IN2O2. The minimum Gasteiger partial charge on any atom is -0.390 e. The van der Waals surface area contributed by atoms with Crippen molar-refractivity contribution < 1.29 is 18.7 Å². The van der Waals surface area contributed by atoms with Crippen LogP contribution in [0.15, 0.2) is 36.4 Å². The molecule has 0 unspecified atom stereocenters. The van der Waals surface area contributed by atoms with Gasteiger partial charge in [-0.1, -0.05) is 26.0 Å². The molecule has 3 N–H and O–H groups in total. The summed E-state index contributed by atoms with van der Waals surface area (Å²) in [5.41, 5.74) is 2.79. The molecule has 0 aliphatic rings. The van der Waals surface area contributed by atoms with Crippen molar-refractivity contribution in [3.8, 4) is 0 Å². The van der Waals surface area contributed by atoms with Crippen LogP contribution in [-0.4, -0.2) is 29.7 Å². The molecule has 0 bridgehead atoms. The second-order valence-corrected chi connectivity index (χ2v) is 9.17. The highest BCUT2D eigenvalue weighted by atomic mass is 127. The Morgan fingerprint density at radius 1 is 1.07 bits per heavy atom. The van der Waals surface area contributed by atoms with Gasteiger partial charge in [0.2, 0.25) is 5.91 Å². The number of carbonyl (C=O) groups excluding carboxylic acids is 1. The van der Waals surface area contributed by atoms with E-state index in [2.05, 4.69) is 65.3 Å². The Morgan fingerprint density at radius 2 is 1.73 bits per heavy atom. The Balaban J connectivity index is 2.00. The number of hydrogen-bond donors (Lipinski definition) is 3. The van der Waals surface area contributed by atoms with E-state index in [1.54, 1.807) is 0 Å². The van der Waals surface area contributed by atoms with Crippen LogP contribution in [-0.2, 0) is 24.2 Å². The molecule has 4 nitrogen and oxygen atoms in total. The zero-order valence-corrected chi connectivity index (χ0v) is 19.7.